The van der Waals surface area contributed by atoms with Crippen LogP contribution < -0.4 is 0 Å². The average molecular weight is 319 g/mol. The topological polar surface area (TPSA) is 97.0 Å². The summed E-state index contributed by atoms with van der Waals surface area (Å²) < 4.78 is 36.6. The van der Waals surface area contributed by atoms with Gasteiger partial charge in [0.2, 0.25) is 10.0 Å². The zero-order valence-corrected chi connectivity index (χ0v) is 13.5. The van der Waals surface area contributed by atoms with Gasteiger partial charge in [-0.3, -0.25) is 0 Å². The van der Waals surface area contributed by atoms with Gasteiger partial charge < -0.3 is 14.3 Å². The lowest BCUT2D eigenvalue weighted by molar-refractivity contribution is 0.0594. The molecule has 1 heterocycles. The molecule has 1 rings (SSSR count). The van der Waals surface area contributed by atoms with Gasteiger partial charge in [-0.05, 0) is 20.3 Å². The number of carbonyl (C=O) groups is 1. The number of ether oxygens (including phenoxy) is 1. The number of nitrogens with zero attached hydrogens (tertiary/aromatic N) is 1. The Morgan fingerprint density at radius 3 is 2.43 bits per heavy atom. The Kier molecular flexibility index (Phi) is 5.94. The molecule has 0 spiro atoms. The molecule has 21 heavy (non-hydrogen) atoms. The summed E-state index contributed by atoms with van der Waals surface area (Å²) in [7, 11) is -2.71. The van der Waals surface area contributed by atoms with Crippen molar-refractivity contribution in [3.8, 4) is 0 Å². The molecule has 0 bridgehead atoms. The summed E-state index contributed by atoms with van der Waals surface area (Å²) in [6, 6.07) is 0. The Balaban J connectivity index is 3.40. The Labute approximate surface area is 124 Å². The third kappa shape index (κ3) is 3.45. The first-order valence-corrected chi connectivity index (χ1v) is 8.04. The van der Waals surface area contributed by atoms with Crippen LogP contribution in [0.1, 0.15) is 35.2 Å². The first kappa shape index (κ1) is 17.7. The maximum Gasteiger partial charge on any atom is 0.342 e. The van der Waals surface area contributed by atoms with Crippen LogP contribution in [0.25, 0.3) is 0 Å². The third-order valence-corrected chi connectivity index (χ3v) is 5.24. The fourth-order valence-electron chi connectivity index (χ4n) is 2.14. The minimum absolute atomic E-state index is 0.0718. The fraction of sp³-hybridized carbons (Fsp3) is 0.615. The molecule has 0 aliphatic rings. The van der Waals surface area contributed by atoms with Crippen LogP contribution in [-0.4, -0.2) is 50.6 Å². The zero-order chi connectivity index (χ0) is 16.2. The highest BCUT2D eigenvalue weighted by molar-refractivity contribution is 7.89. The molecule has 0 unspecified atom stereocenters. The van der Waals surface area contributed by atoms with E-state index in [0.29, 0.717) is 6.42 Å². The standard InChI is InChI=1S/C13H21NO6S/c1-5-14(7-6-8-15)21(17,18)12-10(3)20-9(2)11(12)13(16)19-4/h15H,5-8H2,1-4H3. The number of sulfonamides is 1. The third-order valence-electron chi connectivity index (χ3n) is 3.11. The Morgan fingerprint density at radius 1 is 1.33 bits per heavy atom. The largest absolute Gasteiger partial charge is 0.465 e. The summed E-state index contributed by atoms with van der Waals surface area (Å²) in [5.41, 5.74) is -0.0718. The van der Waals surface area contributed by atoms with E-state index in [0.717, 1.165) is 0 Å². The normalized spacial score (nSPS) is 11.9. The first-order chi connectivity index (χ1) is 9.81. The predicted octanol–water partition coefficient (Wildman–Crippen LogP) is 1.08. The van der Waals surface area contributed by atoms with E-state index < -0.39 is 16.0 Å². The lowest BCUT2D eigenvalue weighted by Crippen LogP contribution is -2.33. The van der Waals surface area contributed by atoms with Gasteiger partial charge in [-0.15, -0.1) is 0 Å². The molecule has 7 nitrogen and oxygen atoms in total. The van der Waals surface area contributed by atoms with Gasteiger partial charge in [-0.2, -0.15) is 4.31 Å². The number of rotatable bonds is 7. The summed E-state index contributed by atoms with van der Waals surface area (Å²) in [6.07, 6.45) is 0.316. The van der Waals surface area contributed by atoms with Crippen LogP contribution in [0.2, 0.25) is 0 Å². The van der Waals surface area contributed by atoms with Gasteiger partial charge in [-0.25, -0.2) is 13.2 Å². The highest BCUT2D eigenvalue weighted by Crippen LogP contribution is 2.29. The lowest BCUT2D eigenvalue weighted by Gasteiger charge is -2.20. The van der Waals surface area contributed by atoms with E-state index in [-0.39, 0.29) is 41.7 Å². The van der Waals surface area contributed by atoms with Crippen molar-refractivity contribution >= 4 is 16.0 Å². The molecule has 0 radical (unpaired) electrons. The number of hydrogen-bond acceptors (Lipinski definition) is 6. The number of carbonyl (C=O) groups excluding carboxylic acids is 1. The van der Waals surface area contributed by atoms with Crippen LogP contribution in [0.4, 0.5) is 0 Å². The van der Waals surface area contributed by atoms with Crippen LogP contribution in [0.5, 0.6) is 0 Å². The smallest absolute Gasteiger partial charge is 0.342 e. The van der Waals surface area contributed by atoms with E-state index in [1.54, 1.807) is 6.92 Å². The Hall–Kier alpha value is -1.38. The number of furan rings is 1. The molecule has 0 atom stereocenters. The van der Waals surface area contributed by atoms with Crippen molar-refractivity contribution in [2.24, 2.45) is 0 Å². The molecule has 1 N–H and O–H groups in total. The average Bonchev–Trinajstić information content (AvgIpc) is 2.73. The minimum atomic E-state index is -3.89. The summed E-state index contributed by atoms with van der Waals surface area (Å²) in [6.45, 7) is 4.98. The van der Waals surface area contributed by atoms with Gasteiger partial charge in [0.15, 0.2) is 0 Å². The number of hydrogen-bond donors (Lipinski definition) is 1. The first-order valence-electron chi connectivity index (χ1n) is 6.60. The van der Waals surface area contributed by atoms with Gasteiger partial charge in [0.05, 0.1) is 7.11 Å². The summed E-state index contributed by atoms with van der Waals surface area (Å²) in [4.78, 5) is 11.7. The van der Waals surface area contributed by atoms with Crippen LogP contribution >= 0.6 is 0 Å². The van der Waals surface area contributed by atoms with Crippen molar-refractivity contribution in [2.75, 3.05) is 26.8 Å². The quantitative estimate of drug-likeness (QED) is 0.755. The fourth-order valence-corrected chi connectivity index (χ4v) is 3.99. The molecule has 0 aliphatic carbocycles. The molecule has 120 valence electrons. The van der Waals surface area contributed by atoms with Crippen molar-refractivity contribution in [3.05, 3.63) is 17.1 Å². The molecule has 0 saturated heterocycles. The molecule has 0 saturated carbocycles. The van der Waals surface area contributed by atoms with Crippen molar-refractivity contribution in [1.29, 1.82) is 0 Å². The molecular formula is C13H21NO6S. The SMILES string of the molecule is CCN(CCCO)S(=O)(=O)c1c(C)oc(C)c1C(=O)OC. The molecule has 1 aromatic rings. The van der Waals surface area contributed by atoms with E-state index in [1.807, 2.05) is 0 Å². The zero-order valence-electron chi connectivity index (χ0n) is 12.7. The van der Waals surface area contributed by atoms with Gasteiger partial charge >= 0.3 is 5.97 Å². The number of methoxy groups -OCH3 is 1. The highest BCUT2D eigenvalue weighted by Gasteiger charge is 2.34. The maximum atomic E-state index is 12.7. The van der Waals surface area contributed by atoms with Crippen LogP contribution in [0.3, 0.4) is 0 Å². The lowest BCUT2D eigenvalue weighted by atomic mass is 10.2. The van der Waals surface area contributed by atoms with E-state index >= 15 is 0 Å². The van der Waals surface area contributed by atoms with E-state index in [4.69, 9.17) is 9.52 Å². The monoisotopic (exact) mass is 319 g/mol. The van der Waals surface area contributed by atoms with E-state index in [2.05, 4.69) is 4.74 Å². The number of esters is 1. The molecule has 0 fully saturated rings. The number of aliphatic hydroxyl groups is 1. The second-order valence-corrected chi connectivity index (χ2v) is 6.36. The van der Waals surface area contributed by atoms with Crippen molar-refractivity contribution in [1.82, 2.24) is 4.31 Å². The van der Waals surface area contributed by atoms with Gasteiger partial charge in [0, 0.05) is 19.7 Å². The van der Waals surface area contributed by atoms with Gasteiger partial charge in [0.25, 0.3) is 0 Å². The number of aryl methyl sites for hydroxylation is 2. The second kappa shape index (κ2) is 7.06. The summed E-state index contributed by atoms with van der Waals surface area (Å²) >= 11 is 0. The van der Waals surface area contributed by atoms with Crippen molar-refractivity contribution in [3.63, 3.8) is 0 Å². The Morgan fingerprint density at radius 2 is 1.95 bits per heavy atom. The van der Waals surface area contributed by atoms with Crippen molar-refractivity contribution < 1.29 is 27.5 Å². The number of aliphatic hydroxyl groups excluding tert-OH is 1. The van der Waals surface area contributed by atoms with Crippen molar-refractivity contribution in [2.45, 2.75) is 32.1 Å². The molecule has 1 aromatic heterocycles. The van der Waals surface area contributed by atoms with Gasteiger partial charge in [0.1, 0.15) is 22.0 Å². The molecule has 0 aliphatic heterocycles. The van der Waals surface area contributed by atoms with Crippen LogP contribution in [-0.2, 0) is 14.8 Å². The predicted molar refractivity (Wildman–Crippen MR) is 75.7 cm³/mol. The summed E-state index contributed by atoms with van der Waals surface area (Å²) in [5.74, 6) is -0.396. The van der Waals surface area contributed by atoms with Crippen LogP contribution in [0, 0.1) is 13.8 Å². The Bertz CT molecular complexity index is 604. The van der Waals surface area contributed by atoms with E-state index in [9.17, 15) is 13.2 Å². The van der Waals surface area contributed by atoms with Gasteiger partial charge in [-0.1, -0.05) is 6.92 Å². The minimum Gasteiger partial charge on any atom is -0.465 e. The molecular weight excluding hydrogens is 298 g/mol. The highest BCUT2D eigenvalue weighted by atomic mass is 32.2. The maximum absolute atomic E-state index is 12.7. The van der Waals surface area contributed by atoms with E-state index in [1.165, 1.54) is 25.3 Å². The molecule has 8 heteroatoms. The summed E-state index contributed by atoms with van der Waals surface area (Å²) in [5, 5.41) is 8.87. The molecule has 0 amide bonds. The second-order valence-electron chi connectivity index (χ2n) is 4.48. The molecule has 0 aromatic carbocycles. The van der Waals surface area contributed by atoms with Crippen LogP contribution in [0.15, 0.2) is 9.31 Å².